The molecule has 19 heavy (non-hydrogen) atoms. The predicted molar refractivity (Wildman–Crippen MR) is 71.4 cm³/mol. The second kappa shape index (κ2) is 6.55. The van der Waals surface area contributed by atoms with E-state index in [4.69, 9.17) is 10.00 Å². The van der Waals surface area contributed by atoms with Crippen LogP contribution in [0.4, 0.5) is 4.39 Å². The van der Waals surface area contributed by atoms with Gasteiger partial charge < -0.3 is 4.74 Å². The molecular formula is C16H14FNO. The lowest BCUT2D eigenvalue weighted by Gasteiger charge is -2.06. The Morgan fingerprint density at radius 3 is 2.53 bits per heavy atom. The highest BCUT2D eigenvalue weighted by Crippen LogP contribution is 2.13. The minimum atomic E-state index is -0.224. The van der Waals surface area contributed by atoms with E-state index in [-0.39, 0.29) is 5.82 Å². The van der Waals surface area contributed by atoms with Crippen molar-refractivity contribution < 1.29 is 9.13 Å². The van der Waals surface area contributed by atoms with Gasteiger partial charge in [0.2, 0.25) is 0 Å². The van der Waals surface area contributed by atoms with Crippen molar-refractivity contribution in [3.63, 3.8) is 0 Å². The summed E-state index contributed by atoms with van der Waals surface area (Å²) in [7, 11) is 0. The summed E-state index contributed by atoms with van der Waals surface area (Å²) in [6.45, 7) is 0.501. The maximum absolute atomic E-state index is 13.0. The molecule has 96 valence electrons. The molecule has 0 fully saturated rings. The fourth-order valence-electron chi connectivity index (χ4n) is 1.77. The highest BCUT2D eigenvalue weighted by molar-refractivity contribution is 5.28. The van der Waals surface area contributed by atoms with E-state index in [2.05, 4.69) is 6.07 Å². The molecule has 0 aliphatic rings. The van der Waals surface area contributed by atoms with Gasteiger partial charge in [-0.15, -0.1) is 0 Å². The van der Waals surface area contributed by atoms with Crippen molar-refractivity contribution >= 4 is 0 Å². The highest BCUT2D eigenvalue weighted by Gasteiger charge is 1.98. The van der Waals surface area contributed by atoms with E-state index in [0.717, 1.165) is 16.9 Å². The van der Waals surface area contributed by atoms with Crippen LogP contribution in [0.3, 0.4) is 0 Å². The SMILES string of the molecule is N#CCc1ccc(OCCc2cccc(F)c2)cc1. The molecule has 0 saturated carbocycles. The van der Waals surface area contributed by atoms with Gasteiger partial charge in [0.25, 0.3) is 0 Å². The van der Waals surface area contributed by atoms with E-state index in [1.54, 1.807) is 6.07 Å². The lowest BCUT2D eigenvalue weighted by molar-refractivity contribution is 0.321. The average molecular weight is 255 g/mol. The van der Waals surface area contributed by atoms with Gasteiger partial charge in [0.15, 0.2) is 0 Å². The largest absolute Gasteiger partial charge is 0.493 e. The van der Waals surface area contributed by atoms with Gasteiger partial charge >= 0.3 is 0 Å². The fourth-order valence-corrected chi connectivity index (χ4v) is 1.77. The predicted octanol–water partition coefficient (Wildman–Crippen LogP) is 3.51. The summed E-state index contributed by atoms with van der Waals surface area (Å²) in [5, 5.41) is 8.57. The molecule has 0 atom stereocenters. The molecule has 2 aromatic carbocycles. The monoisotopic (exact) mass is 255 g/mol. The van der Waals surface area contributed by atoms with Gasteiger partial charge in [-0.1, -0.05) is 24.3 Å². The van der Waals surface area contributed by atoms with Crippen molar-refractivity contribution in [2.75, 3.05) is 6.61 Å². The number of nitrogens with zero attached hydrogens (tertiary/aromatic N) is 1. The molecule has 0 spiro atoms. The molecule has 0 saturated heterocycles. The Labute approximate surface area is 112 Å². The van der Waals surface area contributed by atoms with Gasteiger partial charge in [0.1, 0.15) is 11.6 Å². The van der Waals surface area contributed by atoms with E-state index >= 15 is 0 Å². The third-order valence-corrected chi connectivity index (χ3v) is 2.76. The average Bonchev–Trinajstić information content (AvgIpc) is 2.41. The van der Waals surface area contributed by atoms with E-state index in [0.29, 0.717) is 19.4 Å². The molecule has 0 aliphatic heterocycles. The summed E-state index contributed by atoms with van der Waals surface area (Å²) in [4.78, 5) is 0. The Morgan fingerprint density at radius 1 is 1.05 bits per heavy atom. The van der Waals surface area contributed by atoms with Crippen molar-refractivity contribution in [3.8, 4) is 11.8 Å². The zero-order valence-electron chi connectivity index (χ0n) is 10.5. The molecule has 2 nitrogen and oxygen atoms in total. The molecule has 0 radical (unpaired) electrons. The molecule has 0 unspecified atom stereocenters. The summed E-state index contributed by atoms with van der Waals surface area (Å²) >= 11 is 0. The van der Waals surface area contributed by atoms with Crippen LogP contribution in [0, 0.1) is 17.1 Å². The number of benzene rings is 2. The maximum Gasteiger partial charge on any atom is 0.123 e. The van der Waals surface area contributed by atoms with Crippen LogP contribution in [0.2, 0.25) is 0 Å². The second-order valence-electron chi connectivity index (χ2n) is 4.21. The fraction of sp³-hybridized carbons (Fsp3) is 0.188. The van der Waals surface area contributed by atoms with Crippen molar-refractivity contribution in [2.24, 2.45) is 0 Å². The first-order valence-electron chi connectivity index (χ1n) is 6.11. The number of rotatable bonds is 5. The molecular weight excluding hydrogens is 241 g/mol. The number of halogens is 1. The number of ether oxygens (including phenoxy) is 1. The Balaban J connectivity index is 1.84. The minimum Gasteiger partial charge on any atom is -0.493 e. The van der Waals surface area contributed by atoms with E-state index in [9.17, 15) is 4.39 Å². The van der Waals surface area contributed by atoms with Crippen LogP contribution in [0.25, 0.3) is 0 Å². The molecule has 0 aliphatic carbocycles. The molecule has 0 N–H and O–H groups in total. The van der Waals surface area contributed by atoms with Crippen LogP contribution < -0.4 is 4.74 Å². The third kappa shape index (κ3) is 4.11. The summed E-state index contributed by atoms with van der Waals surface area (Å²) in [6.07, 6.45) is 1.07. The van der Waals surface area contributed by atoms with Gasteiger partial charge in [-0.25, -0.2) is 4.39 Å². The van der Waals surface area contributed by atoms with Gasteiger partial charge in [0, 0.05) is 6.42 Å². The zero-order valence-corrected chi connectivity index (χ0v) is 10.5. The molecule has 0 heterocycles. The van der Waals surface area contributed by atoms with Crippen LogP contribution in [0.1, 0.15) is 11.1 Å². The van der Waals surface area contributed by atoms with Crippen LogP contribution in [-0.2, 0) is 12.8 Å². The van der Waals surface area contributed by atoms with E-state index in [1.807, 2.05) is 30.3 Å². The smallest absolute Gasteiger partial charge is 0.123 e. The maximum atomic E-state index is 13.0. The Kier molecular flexibility index (Phi) is 4.52. The first-order valence-corrected chi connectivity index (χ1v) is 6.11. The molecule has 0 aromatic heterocycles. The topological polar surface area (TPSA) is 33.0 Å². The minimum absolute atomic E-state index is 0.224. The summed E-state index contributed by atoms with van der Waals surface area (Å²) < 4.78 is 18.5. The second-order valence-corrected chi connectivity index (χ2v) is 4.21. The van der Waals surface area contributed by atoms with Crippen LogP contribution in [0.15, 0.2) is 48.5 Å². The van der Waals surface area contributed by atoms with Crippen molar-refractivity contribution in [2.45, 2.75) is 12.8 Å². The standard InChI is InChI=1S/C16H14FNO/c17-15-3-1-2-14(12-15)9-11-19-16-6-4-13(5-7-16)8-10-18/h1-7,12H,8-9,11H2. The van der Waals surface area contributed by atoms with Gasteiger partial charge in [0.05, 0.1) is 19.1 Å². The third-order valence-electron chi connectivity index (χ3n) is 2.76. The molecule has 2 aromatic rings. The first kappa shape index (κ1) is 13.1. The highest BCUT2D eigenvalue weighted by atomic mass is 19.1. The zero-order chi connectivity index (χ0) is 13.5. The van der Waals surface area contributed by atoms with E-state index < -0.39 is 0 Å². The van der Waals surface area contributed by atoms with Gasteiger partial charge in [-0.2, -0.15) is 5.26 Å². The molecule has 3 heteroatoms. The Hall–Kier alpha value is -2.34. The summed E-state index contributed by atoms with van der Waals surface area (Å²) in [5.41, 5.74) is 1.89. The normalized spacial score (nSPS) is 9.89. The summed E-state index contributed by atoms with van der Waals surface area (Å²) in [6, 6.07) is 16.1. The lowest BCUT2D eigenvalue weighted by atomic mass is 10.1. The van der Waals surface area contributed by atoms with Gasteiger partial charge in [-0.3, -0.25) is 0 Å². The Bertz CT molecular complexity index is 572. The van der Waals surface area contributed by atoms with E-state index in [1.165, 1.54) is 12.1 Å². The van der Waals surface area contributed by atoms with Crippen LogP contribution in [0.5, 0.6) is 5.75 Å². The molecule has 0 bridgehead atoms. The lowest BCUT2D eigenvalue weighted by Crippen LogP contribution is -2.01. The Morgan fingerprint density at radius 2 is 1.84 bits per heavy atom. The van der Waals surface area contributed by atoms with Crippen LogP contribution in [-0.4, -0.2) is 6.61 Å². The number of hydrogen-bond donors (Lipinski definition) is 0. The van der Waals surface area contributed by atoms with Crippen LogP contribution >= 0.6 is 0 Å². The van der Waals surface area contributed by atoms with Crippen molar-refractivity contribution in [3.05, 3.63) is 65.5 Å². The first-order chi connectivity index (χ1) is 9.28. The number of hydrogen-bond acceptors (Lipinski definition) is 2. The van der Waals surface area contributed by atoms with Gasteiger partial charge in [-0.05, 0) is 35.4 Å². The van der Waals surface area contributed by atoms with Crippen molar-refractivity contribution in [1.29, 1.82) is 5.26 Å². The summed E-state index contributed by atoms with van der Waals surface area (Å²) in [5.74, 6) is 0.538. The quantitative estimate of drug-likeness (QED) is 0.819. The number of nitriles is 1. The molecule has 0 amide bonds. The molecule has 2 rings (SSSR count). The van der Waals surface area contributed by atoms with Crippen molar-refractivity contribution in [1.82, 2.24) is 0 Å².